The van der Waals surface area contributed by atoms with Crippen molar-refractivity contribution in [2.24, 2.45) is 0 Å². The molecule has 1 fully saturated rings. The van der Waals surface area contributed by atoms with Crippen molar-refractivity contribution in [3.63, 3.8) is 0 Å². The number of hydrogen-bond donors (Lipinski definition) is 1. The third-order valence-electron chi connectivity index (χ3n) is 3.76. The molecule has 0 radical (unpaired) electrons. The Morgan fingerprint density at radius 3 is 3.05 bits per heavy atom. The lowest BCUT2D eigenvalue weighted by atomic mass is 10.1. The molecule has 0 amide bonds. The van der Waals surface area contributed by atoms with Crippen LogP contribution in [0, 0.1) is 6.92 Å². The van der Waals surface area contributed by atoms with Crippen molar-refractivity contribution >= 4 is 11.6 Å². The molecule has 0 aromatic carbocycles. The van der Waals surface area contributed by atoms with Crippen molar-refractivity contribution < 1.29 is 0 Å². The Bertz CT molecular complexity index is 598. The van der Waals surface area contributed by atoms with Crippen molar-refractivity contribution in [3.05, 3.63) is 42.0 Å². The average Bonchev–Trinajstić information content (AvgIpc) is 2.97. The van der Waals surface area contributed by atoms with Crippen LogP contribution in [0.1, 0.15) is 30.1 Å². The van der Waals surface area contributed by atoms with Crippen LogP contribution in [0.25, 0.3) is 0 Å². The summed E-state index contributed by atoms with van der Waals surface area (Å²) >= 11 is 0. The minimum atomic E-state index is 0.268. The minimum Gasteiger partial charge on any atom is -0.372 e. The molecule has 0 bridgehead atoms. The van der Waals surface area contributed by atoms with Gasteiger partial charge in [0.05, 0.1) is 24.1 Å². The molecule has 0 saturated carbocycles. The van der Waals surface area contributed by atoms with Crippen molar-refractivity contribution in [1.82, 2.24) is 15.0 Å². The second-order valence-corrected chi connectivity index (χ2v) is 5.07. The fourth-order valence-corrected chi connectivity index (χ4v) is 2.77. The SMILES string of the molecule is CNc1cncc([C@@H]2CCCN2c2ncccc2C)n1. The molecular formula is C15H19N5. The normalized spacial score (nSPS) is 18.3. The monoisotopic (exact) mass is 269 g/mol. The third-order valence-corrected chi connectivity index (χ3v) is 3.76. The highest BCUT2D eigenvalue weighted by Crippen LogP contribution is 2.35. The Morgan fingerprint density at radius 2 is 2.25 bits per heavy atom. The lowest BCUT2D eigenvalue weighted by Crippen LogP contribution is -2.25. The maximum atomic E-state index is 4.64. The molecule has 1 aliphatic rings. The van der Waals surface area contributed by atoms with Crippen molar-refractivity contribution in [2.75, 3.05) is 23.8 Å². The number of anilines is 2. The van der Waals surface area contributed by atoms with E-state index >= 15 is 0 Å². The highest BCUT2D eigenvalue weighted by atomic mass is 15.2. The Labute approximate surface area is 119 Å². The van der Waals surface area contributed by atoms with Gasteiger partial charge in [0, 0.05) is 19.8 Å². The van der Waals surface area contributed by atoms with Gasteiger partial charge in [-0.15, -0.1) is 0 Å². The van der Waals surface area contributed by atoms with Gasteiger partial charge in [0.25, 0.3) is 0 Å². The van der Waals surface area contributed by atoms with Crippen LogP contribution in [-0.4, -0.2) is 28.5 Å². The summed E-state index contributed by atoms with van der Waals surface area (Å²) in [7, 11) is 1.86. The number of hydrogen-bond acceptors (Lipinski definition) is 5. The van der Waals surface area contributed by atoms with Crippen LogP contribution in [0.2, 0.25) is 0 Å². The molecule has 2 aromatic heterocycles. The average molecular weight is 269 g/mol. The highest BCUT2D eigenvalue weighted by Gasteiger charge is 2.29. The van der Waals surface area contributed by atoms with Gasteiger partial charge in [-0.1, -0.05) is 6.07 Å². The summed E-state index contributed by atoms with van der Waals surface area (Å²) in [5.74, 6) is 1.87. The van der Waals surface area contributed by atoms with Gasteiger partial charge >= 0.3 is 0 Å². The minimum absolute atomic E-state index is 0.268. The molecule has 0 spiro atoms. The summed E-state index contributed by atoms with van der Waals surface area (Å²) in [6.45, 7) is 3.13. The zero-order chi connectivity index (χ0) is 13.9. The zero-order valence-corrected chi connectivity index (χ0v) is 11.9. The lowest BCUT2D eigenvalue weighted by Gasteiger charge is -2.26. The van der Waals surface area contributed by atoms with E-state index in [4.69, 9.17) is 0 Å². The van der Waals surface area contributed by atoms with Gasteiger partial charge < -0.3 is 10.2 Å². The Morgan fingerprint density at radius 1 is 1.35 bits per heavy atom. The van der Waals surface area contributed by atoms with Gasteiger partial charge in [-0.2, -0.15) is 0 Å². The first kappa shape index (κ1) is 12.8. The summed E-state index contributed by atoms with van der Waals surface area (Å²) in [6, 6.07) is 4.35. The fraction of sp³-hybridized carbons (Fsp3) is 0.400. The molecule has 1 saturated heterocycles. The summed E-state index contributed by atoms with van der Waals surface area (Å²) < 4.78 is 0. The molecule has 20 heavy (non-hydrogen) atoms. The van der Waals surface area contributed by atoms with Gasteiger partial charge in [0.2, 0.25) is 0 Å². The maximum Gasteiger partial charge on any atom is 0.144 e. The van der Waals surface area contributed by atoms with E-state index in [1.807, 2.05) is 25.5 Å². The summed E-state index contributed by atoms with van der Waals surface area (Å²) in [4.78, 5) is 15.8. The van der Waals surface area contributed by atoms with E-state index in [1.54, 1.807) is 6.20 Å². The number of aromatic nitrogens is 3. The molecule has 0 unspecified atom stereocenters. The van der Waals surface area contributed by atoms with E-state index in [2.05, 4.69) is 38.2 Å². The lowest BCUT2D eigenvalue weighted by molar-refractivity contribution is 0.682. The topological polar surface area (TPSA) is 53.9 Å². The molecule has 1 aliphatic heterocycles. The third kappa shape index (κ3) is 2.31. The van der Waals surface area contributed by atoms with E-state index in [0.717, 1.165) is 36.7 Å². The van der Waals surface area contributed by atoms with E-state index in [1.165, 1.54) is 5.56 Å². The number of nitrogens with zero attached hydrogens (tertiary/aromatic N) is 4. The molecule has 1 atom stereocenters. The van der Waals surface area contributed by atoms with Gasteiger partial charge in [-0.3, -0.25) is 4.98 Å². The Kier molecular flexibility index (Phi) is 3.50. The second kappa shape index (κ2) is 5.45. The molecular weight excluding hydrogens is 250 g/mol. The van der Waals surface area contributed by atoms with Crippen LogP contribution in [0.15, 0.2) is 30.7 Å². The summed E-state index contributed by atoms with van der Waals surface area (Å²) in [5, 5.41) is 3.05. The van der Waals surface area contributed by atoms with Gasteiger partial charge in [0.15, 0.2) is 0 Å². The predicted molar refractivity (Wildman–Crippen MR) is 79.9 cm³/mol. The van der Waals surface area contributed by atoms with E-state index < -0.39 is 0 Å². The molecule has 0 aliphatic carbocycles. The van der Waals surface area contributed by atoms with Gasteiger partial charge in [-0.05, 0) is 31.4 Å². The fourth-order valence-electron chi connectivity index (χ4n) is 2.77. The Hall–Kier alpha value is -2.17. The number of rotatable bonds is 3. The van der Waals surface area contributed by atoms with E-state index in [-0.39, 0.29) is 6.04 Å². The predicted octanol–water partition coefficient (Wildman–Crippen LogP) is 2.56. The molecule has 104 valence electrons. The van der Waals surface area contributed by atoms with Crippen LogP contribution in [0.3, 0.4) is 0 Å². The Balaban J connectivity index is 1.94. The first-order valence-electron chi connectivity index (χ1n) is 6.97. The standard InChI is InChI=1S/C15H19N5/c1-11-5-3-7-18-15(11)20-8-4-6-13(20)12-9-17-10-14(16-2)19-12/h3,5,7,9-10,13H,4,6,8H2,1-2H3,(H,16,19)/t13-/m0/s1. The largest absolute Gasteiger partial charge is 0.372 e. The number of nitrogens with one attached hydrogen (secondary N) is 1. The first-order valence-corrected chi connectivity index (χ1v) is 6.97. The van der Waals surface area contributed by atoms with Crippen molar-refractivity contribution in [3.8, 4) is 0 Å². The molecule has 3 heterocycles. The molecule has 1 N–H and O–H groups in total. The van der Waals surface area contributed by atoms with Crippen LogP contribution in [-0.2, 0) is 0 Å². The zero-order valence-electron chi connectivity index (χ0n) is 11.9. The number of pyridine rings is 1. The molecule has 5 heteroatoms. The van der Waals surface area contributed by atoms with Crippen LogP contribution >= 0.6 is 0 Å². The van der Waals surface area contributed by atoms with E-state index in [9.17, 15) is 0 Å². The summed E-state index contributed by atoms with van der Waals surface area (Å²) in [5.41, 5.74) is 2.22. The molecule has 3 rings (SSSR count). The maximum absolute atomic E-state index is 4.64. The van der Waals surface area contributed by atoms with Gasteiger partial charge in [0.1, 0.15) is 11.6 Å². The van der Waals surface area contributed by atoms with Gasteiger partial charge in [-0.25, -0.2) is 9.97 Å². The molecule has 5 nitrogen and oxygen atoms in total. The van der Waals surface area contributed by atoms with E-state index in [0.29, 0.717) is 0 Å². The van der Waals surface area contributed by atoms with Crippen molar-refractivity contribution in [1.29, 1.82) is 0 Å². The van der Waals surface area contributed by atoms with Crippen LogP contribution in [0.5, 0.6) is 0 Å². The highest BCUT2D eigenvalue weighted by molar-refractivity contribution is 5.49. The summed E-state index contributed by atoms with van der Waals surface area (Å²) in [6.07, 6.45) is 7.72. The second-order valence-electron chi connectivity index (χ2n) is 5.07. The number of aryl methyl sites for hydroxylation is 1. The van der Waals surface area contributed by atoms with Crippen LogP contribution in [0.4, 0.5) is 11.6 Å². The quantitative estimate of drug-likeness (QED) is 0.928. The van der Waals surface area contributed by atoms with Crippen LogP contribution < -0.4 is 10.2 Å². The smallest absolute Gasteiger partial charge is 0.144 e. The first-order chi connectivity index (χ1) is 9.79. The van der Waals surface area contributed by atoms with Crippen molar-refractivity contribution in [2.45, 2.75) is 25.8 Å². The molecule has 2 aromatic rings.